The zero-order valence-corrected chi connectivity index (χ0v) is 11.5. The maximum Gasteiger partial charge on any atom is 0.255 e. The van der Waals surface area contributed by atoms with Crippen LogP contribution in [0, 0.1) is 0 Å². The number of hydrogen-bond acceptors (Lipinski definition) is 3. The molecule has 4 heteroatoms. The lowest BCUT2D eigenvalue weighted by Gasteiger charge is -2.15. The fraction of sp³-hybridized carbons (Fsp3) is 0.0588. The first-order chi connectivity index (χ1) is 10.1. The maximum absolute atomic E-state index is 12.1. The van der Waals surface area contributed by atoms with Gasteiger partial charge in [-0.3, -0.25) is 4.79 Å². The summed E-state index contributed by atoms with van der Waals surface area (Å²) < 4.78 is 0. The molecule has 0 saturated carbocycles. The number of hydrogen-bond donors (Lipinski definition) is 1. The molecular formula is C17H14NO3-. The molecule has 0 fully saturated rings. The van der Waals surface area contributed by atoms with E-state index >= 15 is 0 Å². The number of carbonyl (C=O) groups is 2. The van der Waals surface area contributed by atoms with Gasteiger partial charge in [0.25, 0.3) is 5.91 Å². The lowest BCUT2D eigenvalue weighted by atomic mass is 10.1. The van der Waals surface area contributed by atoms with Crippen molar-refractivity contribution in [3.63, 3.8) is 0 Å². The molecule has 0 aliphatic rings. The van der Waals surface area contributed by atoms with Crippen LogP contribution in [-0.4, -0.2) is 11.9 Å². The van der Waals surface area contributed by atoms with Crippen molar-refractivity contribution in [2.24, 2.45) is 0 Å². The van der Waals surface area contributed by atoms with Crippen LogP contribution >= 0.6 is 0 Å². The highest BCUT2D eigenvalue weighted by atomic mass is 16.4. The molecular weight excluding hydrogens is 266 g/mol. The van der Waals surface area contributed by atoms with Crippen LogP contribution in [-0.2, 0) is 4.79 Å². The zero-order chi connectivity index (χ0) is 15.2. The van der Waals surface area contributed by atoms with E-state index in [1.165, 1.54) is 0 Å². The van der Waals surface area contributed by atoms with Gasteiger partial charge in [-0.05, 0) is 30.2 Å². The standard InChI is InChI=1S/C17H15NO3/c1-12(13-8-4-2-5-9-13)15(17(20)21)18-16(19)14-10-6-3-7-11-14/h2-11H,1H3,(H,18,19)(H,20,21)/p-1/b15-12-. The third kappa shape index (κ3) is 3.57. The van der Waals surface area contributed by atoms with Crippen molar-refractivity contribution in [3.05, 3.63) is 77.5 Å². The van der Waals surface area contributed by atoms with Gasteiger partial charge in [-0.1, -0.05) is 48.5 Å². The summed E-state index contributed by atoms with van der Waals surface area (Å²) in [5.41, 5.74) is 1.32. The van der Waals surface area contributed by atoms with E-state index in [9.17, 15) is 14.7 Å². The number of carboxylic acids is 1. The number of benzene rings is 2. The summed E-state index contributed by atoms with van der Waals surface area (Å²) in [4.78, 5) is 23.4. The van der Waals surface area contributed by atoms with Crippen LogP contribution < -0.4 is 10.4 Å². The molecule has 21 heavy (non-hydrogen) atoms. The average molecular weight is 280 g/mol. The van der Waals surface area contributed by atoms with E-state index in [1.807, 2.05) is 6.07 Å². The highest BCUT2D eigenvalue weighted by Gasteiger charge is 2.11. The third-order valence-electron chi connectivity index (χ3n) is 3.06. The van der Waals surface area contributed by atoms with Gasteiger partial charge in [0.2, 0.25) is 0 Å². The molecule has 106 valence electrons. The second-order valence-electron chi connectivity index (χ2n) is 4.47. The Labute approximate surface area is 122 Å². The number of nitrogens with one attached hydrogen (secondary N) is 1. The fourth-order valence-electron chi connectivity index (χ4n) is 1.91. The number of aliphatic carboxylic acids is 1. The summed E-state index contributed by atoms with van der Waals surface area (Å²) in [5.74, 6) is -1.90. The minimum Gasteiger partial charge on any atom is -0.543 e. The predicted octanol–water partition coefficient (Wildman–Crippen LogP) is 1.60. The molecule has 1 amide bonds. The van der Waals surface area contributed by atoms with E-state index in [0.717, 1.165) is 0 Å². The SMILES string of the molecule is C/C(=C(/NC(=O)c1ccccc1)C(=O)[O-])c1ccccc1. The second kappa shape index (κ2) is 6.52. The van der Waals surface area contributed by atoms with Crippen molar-refractivity contribution in [3.8, 4) is 0 Å². The van der Waals surface area contributed by atoms with Crippen LogP contribution in [0.4, 0.5) is 0 Å². The average Bonchev–Trinajstić information content (AvgIpc) is 2.53. The molecule has 0 radical (unpaired) electrons. The summed E-state index contributed by atoms with van der Waals surface area (Å²) in [6, 6.07) is 17.4. The molecule has 2 aromatic carbocycles. The van der Waals surface area contributed by atoms with Gasteiger partial charge in [-0.25, -0.2) is 0 Å². The molecule has 0 aromatic heterocycles. The van der Waals surface area contributed by atoms with E-state index in [0.29, 0.717) is 16.7 Å². The molecule has 0 unspecified atom stereocenters. The molecule has 2 rings (SSSR count). The molecule has 1 N–H and O–H groups in total. The van der Waals surface area contributed by atoms with Crippen molar-refractivity contribution in [1.82, 2.24) is 5.32 Å². The Morgan fingerprint density at radius 2 is 1.33 bits per heavy atom. The number of carboxylic acid groups (broad SMARTS) is 1. The van der Waals surface area contributed by atoms with Crippen molar-refractivity contribution in [2.45, 2.75) is 6.92 Å². The molecule has 0 aliphatic carbocycles. The predicted molar refractivity (Wildman–Crippen MR) is 78.0 cm³/mol. The van der Waals surface area contributed by atoms with Gasteiger partial charge in [0.1, 0.15) is 0 Å². The molecule has 0 aliphatic heterocycles. The maximum atomic E-state index is 12.1. The molecule has 4 nitrogen and oxygen atoms in total. The molecule has 2 aromatic rings. The van der Waals surface area contributed by atoms with Crippen LogP contribution in [0.5, 0.6) is 0 Å². The van der Waals surface area contributed by atoms with Gasteiger partial charge in [0, 0.05) is 5.56 Å². The number of rotatable bonds is 4. The normalized spacial score (nSPS) is 11.5. The van der Waals surface area contributed by atoms with Crippen LogP contribution in [0.15, 0.2) is 66.4 Å². The minimum absolute atomic E-state index is 0.227. The molecule has 0 saturated heterocycles. The van der Waals surface area contributed by atoms with Crippen LogP contribution in [0.2, 0.25) is 0 Å². The number of amides is 1. The number of allylic oxidation sites excluding steroid dienone is 1. The highest BCUT2D eigenvalue weighted by molar-refractivity contribution is 6.03. The van der Waals surface area contributed by atoms with Gasteiger partial charge in [-0.15, -0.1) is 0 Å². The van der Waals surface area contributed by atoms with E-state index in [1.54, 1.807) is 61.5 Å². The van der Waals surface area contributed by atoms with Crippen LogP contribution in [0.25, 0.3) is 5.57 Å². The zero-order valence-electron chi connectivity index (χ0n) is 11.5. The van der Waals surface area contributed by atoms with Crippen molar-refractivity contribution >= 4 is 17.4 Å². The van der Waals surface area contributed by atoms with Crippen molar-refractivity contribution in [2.75, 3.05) is 0 Å². The van der Waals surface area contributed by atoms with E-state index in [-0.39, 0.29) is 5.70 Å². The van der Waals surface area contributed by atoms with Gasteiger partial charge in [0.05, 0.1) is 11.7 Å². The van der Waals surface area contributed by atoms with Crippen molar-refractivity contribution < 1.29 is 14.7 Å². The first-order valence-electron chi connectivity index (χ1n) is 6.43. The summed E-state index contributed by atoms with van der Waals surface area (Å²) in [6.45, 7) is 1.63. The van der Waals surface area contributed by atoms with Gasteiger partial charge in [0.15, 0.2) is 0 Å². The van der Waals surface area contributed by atoms with E-state index < -0.39 is 11.9 Å². The summed E-state index contributed by atoms with van der Waals surface area (Å²) in [5, 5.41) is 13.7. The highest BCUT2D eigenvalue weighted by Crippen LogP contribution is 2.16. The van der Waals surface area contributed by atoms with E-state index in [2.05, 4.69) is 5.32 Å². The van der Waals surface area contributed by atoms with Crippen LogP contribution in [0.3, 0.4) is 0 Å². The quantitative estimate of drug-likeness (QED) is 0.865. The topological polar surface area (TPSA) is 69.2 Å². The Hall–Kier alpha value is -2.88. The minimum atomic E-state index is -1.42. The second-order valence-corrected chi connectivity index (χ2v) is 4.47. The van der Waals surface area contributed by atoms with Crippen LogP contribution in [0.1, 0.15) is 22.8 Å². The summed E-state index contributed by atoms with van der Waals surface area (Å²) >= 11 is 0. The largest absolute Gasteiger partial charge is 0.543 e. The van der Waals surface area contributed by atoms with Gasteiger partial charge >= 0.3 is 0 Å². The van der Waals surface area contributed by atoms with Gasteiger partial charge in [-0.2, -0.15) is 0 Å². The lowest BCUT2D eigenvalue weighted by Crippen LogP contribution is -2.36. The Balaban J connectivity index is 2.33. The Kier molecular flexibility index (Phi) is 4.51. The summed E-state index contributed by atoms with van der Waals surface area (Å²) in [7, 11) is 0. The monoisotopic (exact) mass is 280 g/mol. The molecule has 0 atom stereocenters. The molecule has 0 spiro atoms. The van der Waals surface area contributed by atoms with Gasteiger partial charge < -0.3 is 15.2 Å². The van der Waals surface area contributed by atoms with Crippen molar-refractivity contribution in [1.29, 1.82) is 0 Å². The molecule has 0 heterocycles. The lowest BCUT2D eigenvalue weighted by molar-refractivity contribution is -0.299. The Morgan fingerprint density at radius 1 is 0.857 bits per heavy atom. The first-order valence-corrected chi connectivity index (χ1v) is 6.43. The number of carbonyl (C=O) groups excluding carboxylic acids is 2. The third-order valence-corrected chi connectivity index (χ3v) is 3.06. The Morgan fingerprint density at radius 3 is 1.81 bits per heavy atom. The summed E-state index contributed by atoms with van der Waals surface area (Å²) in [6.07, 6.45) is 0. The fourth-order valence-corrected chi connectivity index (χ4v) is 1.91. The molecule has 0 bridgehead atoms. The smallest absolute Gasteiger partial charge is 0.255 e. The van der Waals surface area contributed by atoms with E-state index in [4.69, 9.17) is 0 Å². The first kappa shape index (κ1) is 14.5. The Bertz CT molecular complexity index is 676.